The molecule has 22 heavy (non-hydrogen) atoms. The predicted molar refractivity (Wildman–Crippen MR) is 80.5 cm³/mol. The van der Waals surface area contributed by atoms with E-state index in [2.05, 4.69) is 11.9 Å². The molecule has 118 valence electrons. The zero-order chi connectivity index (χ0) is 15.7. The number of carbonyl (C=O) groups excluding carboxylic acids is 1. The lowest BCUT2D eigenvalue weighted by atomic mass is 10.0. The van der Waals surface area contributed by atoms with Crippen LogP contribution in [0.5, 0.6) is 0 Å². The lowest BCUT2D eigenvalue weighted by Crippen LogP contribution is -2.46. The van der Waals surface area contributed by atoms with E-state index in [0.29, 0.717) is 12.1 Å². The Balaban J connectivity index is 1.57. The maximum Gasteiger partial charge on any atom is 0.310 e. The Kier molecular flexibility index (Phi) is 4.11. The van der Waals surface area contributed by atoms with Crippen LogP contribution in [0.1, 0.15) is 31.2 Å². The van der Waals surface area contributed by atoms with Gasteiger partial charge < -0.3 is 4.74 Å². The summed E-state index contributed by atoms with van der Waals surface area (Å²) in [4.78, 5) is 24.6. The molecular formula is C16H20N2O4. The summed E-state index contributed by atoms with van der Waals surface area (Å²) >= 11 is 0. The first-order valence-electron chi connectivity index (χ1n) is 7.69. The van der Waals surface area contributed by atoms with E-state index in [1.807, 2.05) is 0 Å². The molecule has 2 saturated heterocycles. The van der Waals surface area contributed by atoms with Crippen molar-refractivity contribution in [3.05, 3.63) is 39.9 Å². The van der Waals surface area contributed by atoms with E-state index in [4.69, 9.17) is 4.74 Å². The molecule has 0 amide bonds. The molecule has 0 spiro atoms. The summed E-state index contributed by atoms with van der Waals surface area (Å²) in [7, 11) is 2.11. The van der Waals surface area contributed by atoms with E-state index < -0.39 is 4.92 Å². The number of nitro groups is 1. The molecule has 2 aliphatic rings. The van der Waals surface area contributed by atoms with Gasteiger partial charge in [0.2, 0.25) is 0 Å². The smallest absolute Gasteiger partial charge is 0.310 e. The lowest BCUT2D eigenvalue weighted by molar-refractivity contribution is -0.384. The third-order valence-electron chi connectivity index (χ3n) is 4.89. The highest BCUT2D eigenvalue weighted by Crippen LogP contribution is 2.35. The van der Waals surface area contributed by atoms with Gasteiger partial charge in [-0.3, -0.25) is 19.8 Å². The van der Waals surface area contributed by atoms with Crippen LogP contribution in [0.3, 0.4) is 0 Å². The fourth-order valence-electron chi connectivity index (χ4n) is 3.64. The topological polar surface area (TPSA) is 72.7 Å². The normalized spacial score (nSPS) is 27.6. The molecule has 2 fully saturated rings. The molecule has 3 unspecified atom stereocenters. The van der Waals surface area contributed by atoms with Crippen molar-refractivity contribution in [2.45, 2.75) is 50.3 Å². The Morgan fingerprint density at radius 2 is 1.95 bits per heavy atom. The van der Waals surface area contributed by atoms with Gasteiger partial charge in [0.15, 0.2) is 0 Å². The number of non-ortho nitro benzene ring substituents is 1. The third-order valence-corrected chi connectivity index (χ3v) is 4.89. The Morgan fingerprint density at radius 3 is 2.64 bits per heavy atom. The molecule has 1 aromatic rings. The summed E-state index contributed by atoms with van der Waals surface area (Å²) in [6.07, 6.45) is 4.45. The molecule has 0 saturated carbocycles. The summed E-state index contributed by atoms with van der Waals surface area (Å²) in [6.45, 7) is 0. The van der Waals surface area contributed by atoms with Gasteiger partial charge in [0.25, 0.3) is 5.69 Å². The summed E-state index contributed by atoms with van der Waals surface area (Å²) in [6, 6.07) is 7.04. The van der Waals surface area contributed by atoms with E-state index in [1.165, 1.54) is 18.6 Å². The molecule has 6 nitrogen and oxygen atoms in total. The van der Waals surface area contributed by atoms with Crippen molar-refractivity contribution in [2.75, 3.05) is 7.05 Å². The number of carbonyl (C=O) groups is 1. The number of nitrogens with zero attached hydrogens (tertiary/aromatic N) is 2. The molecule has 3 atom stereocenters. The first-order valence-corrected chi connectivity index (χ1v) is 7.69. The molecule has 0 aromatic heterocycles. The number of hydrogen-bond donors (Lipinski definition) is 0. The minimum absolute atomic E-state index is 0.0192. The Bertz CT molecular complexity index is 572. The van der Waals surface area contributed by atoms with E-state index in [0.717, 1.165) is 24.8 Å². The van der Waals surface area contributed by atoms with E-state index in [-0.39, 0.29) is 24.2 Å². The quantitative estimate of drug-likeness (QED) is 0.485. The maximum absolute atomic E-state index is 12.1. The van der Waals surface area contributed by atoms with Gasteiger partial charge in [-0.2, -0.15) is 0 Å². The number of benzene rings is 1. The van der Waals surface area contributed by atoms with Gasteiger partial charge in [0, 0.05) is 24.2 Å². The largest absolute Gasteiger partial charge is 0.460 e. The Morgan fingerprint density at radius 1 is 1.27 bits per heavy atom. The van der Waals surface area contributed by atoms with Gasteiger partial charge in [-0.15, -0.1) is 0 Å². The van der Waals surface area contributed by atoms with Gasteiger partial charge in [-0.1, -0.05) is 12.1 Å². The van der Waals surface area contributed by atoms with Crippen LogP contribution in [0.25, 0.3) is 0 Å². The second-order valence-electron chi connectivity index (χ2n) is 6.17. The van der Waals surface area contributed by atoms with Crippen LogP contribution in [0.2, 0.25) is 0 Å². The number of hydrogen-bond acceptors (Lipinski definition) is 5. The van der Waals surface area contributed by atoms with Crippen LogP contribution in [-0.4, -0.2) is 41.0 Å². The maximum atomic E-state index is 12.1. The second kappa shape index (κ2) is 6.04. The van der Waals surface area contributed by atoms with Crippen molar-refractivity contribution in [1.82, 2.24) is 4.90 Å². The lowest BCUT2D eigenvalue weighted by Gasteiger charge is -2.36. The summed E-state index contributed by atoms with van der Waals surface area (Å²) in [5.41, 5.74) is 0.770. The number of rotatable bonds is 4. The van der Waals surface area contributed by atoms with Crippen LogP contribution < -0.4 is 0 Å². The molecule has 3 rings (SSSR count). The van der Waals surface area contributed by atoms with Crippen molar-refractivity contribution >= 4 is 11.7 Å². The second-order valence-corrected chi connectivity index (χ2v) is 6.17. The highest BCUT2D eigenvalue weighted by atomic mass is 16.6. The predicted octanol–water partition coefficient (Wildman–Crippen LogP) is 2.31. The zero-order valence-corrected chi connectivity index (χ0v) is 12.6. The first-order chi connectivity index (χ1) is 10.5. The van der Waals surface area contributed by atoms with Crippen molar-refractivity contribution in [1.29, 1.82) is 0 Å². The third kappa shape index (κ3) is 2.97. The average molecular weight is 304 g/mol. The molecule has 2 bridgehead atoms. The van der Waals surface area contributed by atoms with Crippen LogP contribution in [-0.2, 0) is 16.0 Å². The number of nitro benzene ring substituents is 1. The molecule has 2 aliphatic heterocycles. The minimum Gasteiger partial charge on any atom is -0.460 e. The van der Waals surface area contributed by atoms with Crippen molar-refractivity contribution in [3.8, 4) is 0 Å². The van der Waals surface area contributed by atoms with E-state index >= 15 is 0 Å². The van der Waals surface area contributed by atoms with Gasteiger partial charge in [-0.25, -0.2) is 0 Å². The van der Waals surface area contributed by atoms with Gasteiger partial charge in [-0.05, 0) is 38.3 Å². The summed E-state index contributed by atoms with van der Waals surface area (Å²) in [5.74, 6) is -0.252. The van der Waals surface area contributed by atoms with Crippen LogP contribution >= 0.6 is 0 Å². The molecular weight excluding hydrogens is 284 g/mol. The average Bonchev–Trinajstić information content (AvgIpc) is 2.72. The summed E-state index contributed by atoms with van der Waals surface area (Å²) in [5, 5.41) is 10.6. The first kappa shape index (κ1) is 15.0. The zero-order valence-electron chi connectivity index (χ0n) is 12.6. The SMILES string of the molecule is CN1C2CCC(OC(=O)Cc3ccc([N+](=O)[O-])cc3)C1CC2. The molecule has 2 heterocycles. The Hall–Kier alpha value is -1.95. The van der Waals surface area contributed by atoms with Gasteiger partial charge in [0.05, 0.1) is 11.3 Å². The fourth-order valence-corrected chi connectivity index (χ4v) is 3.64. The van der Waals surface area contributed by atoms with Crippen LogP contribution in [0.15, 0.2) is 24.3 Å². The molecule has 0 N–H and O–H groups in total. The van der Waals surface area contributed by atoms with Crippen molar-refractivity contribution < 1.29 is 14.5 Å². The van der Waals surface area contributed by atoms with Gasteiger partial charge >= 0.3 is 5.97 Å². The van der Waals surface area contributed by atoms with E-state index in [9.17, 15) is 14.9 Å². The number of likely N-dealkylation sites (N-methyl/N-ethyl adjacent to an activating group) is 1. The summed E-state index contributed by atoms with van der Waals surface area (Å²) < 4.78 is 5.66. The monoisotopic (exact) mass is 304 g/mol. The highest BCUT2D eigenvalue weighted by Gasteiger charge is 2.41. The molecule has 1 aromatic carbocycles. The van der Waals surface area contributed by atoms with E-state index in [1.54, 1.807) is 12.1 Å². The van der Waals surface area contributed by atoms with Crippen molar-refractivity contribution in [3.63, 3.8) is 0 Å². The Labute approximate surface area is 129 Å². The standard InChI is InChI=1S/C16H20N2O4/c1-17-12-6-8-14(17)15(9-7-12)22-16(19)10-11-2-4-13(5-3-11)18(20)21/h2-5,12,14-15H,6-10H2,1H3. The number of ether oxygens (including phenoxy) is 1. The molecule has 6 heteroatoms. The number of piperidine rings is 1. The number of fused-ring (bicyclic) bond motifs is 2. The van der Waals surface area contributed by atoms with Gasteiger partial charge in [0.1, 0.15) is 6.10 Å². The molecule has 0 aliphatic carbocycles. The fraction of sp³-hybridized carbons (Fsp3) is 0.562. The van der Waals surface area contributed by atoms with Crippen LogP contribution in [0, 0.1) is 10.1 Å². The minimum atomic E-state index is -0.448. The molecule has 0 radical (unpaired) electrons. The highest BCUT2D eigenvalue weighted by molar-refractivity contribution is 5.73. The number of esters is 1. The van der Waals surface area contributed by atoms with Crippen molar-refractivity contribution in [2.24, 2.45) is 0 Å². The van der Waals surface area contributed by atoms with Crippen LogP contribution in [0.4, 0.5) is 5.69 Å².